The van der Waals surface area contributed by atoms with E-state index in [1.807, 2.05) is 42.5 Å². The maximum Gasteiger partial charge on any atom is 0.241 e. The Kier molecular flexibility index (Phi) is 7.00. The van der Waals surface area contributed by atoms with Gasteiger partial charge in [-0.1, -0.05) is 73.6 Å². The molecule has 1 N–H and O–H groups in total. The Bertz CT molecular complexity index is 1030. The molecule has 2 atom stereocenters. The first-order chi connectivity index (χ1) is 15.5. The van der Waals surface area contributed by atoms with Gasteiger partial charge in [0.25, 0.3) is 0 Å². The van der Waals surface area contributed by atoms with Crippen LogP contribution in [-0.2, 0) is 11.3 Å². The van der Waals surface area contributed by atoms with E-state index in [0.717, 1.165) is 24.9 Å². The lowest BCUT2D eigenvalue weighted by molar-refractivity contribution is -0.128. The van der Waals surface area contributed by atoms with Gasteiger partial charge < -0.3 is 9.84 Å². The summed E-state index contributed by atoms with van der Waals surface area (Å²) in [4.78, 5) is 20.0. The van der Waals surface area contributed by atoms with Gasteiger partial charge >= 0.3 is 0 Å². The molecule has 0 saturated carbocycles. The summed E-state index contributed by atoms with van der Waals surface area (Å²) in [5, 5.41) is 7.45. The molecule has 3 aromatic rings. The van der Waals surface area contributed by atoms with Gasteiger partial charge in [-0.25, -0.2) is 0 Å². The van der Waals surface area contributed by atoms with Gasteiger partial charge in [0.1, 0.15) is 0 Å². The van der Waals surface area contributed by atoms with Crippen LogP contribution in [0.3, 0.4) is 0 Å². The number of benzene rings is 2. The third kappa shape index (κ3) is 5.25. The largest absolute Gasteiger partial charge is 0.349 e. The van der Waals surface area contributed by atoms with E-state index in [1.54, 1.807) is 0 Å². The lowest BCUT2D eigenvalue weighted by atomic mass is 9.91. The minimum atomic E-state index is -0.0365. The molecule has 0 bridgehead atoms. The van der Waals surface area contributed by atoms with Crippen LogP contribution in [0.4, 0.5) is 0 Å². The first-order valence-corrected chi connectivity index (χ1v) is 11.5. The number of piperidine rings is 1. The molecule has 0 spiro atoms. The van der Waals surface area contributed by atoms with Crippen LogP contribution in [0.25, 0.3) is 11.4 Å². The Morgan fingerprint density at radius 2 is 1.91 bits per heavy atom. The molecule has 2 aromatic carbocycles. The van der Waals surface area contributed by atoms with E-state index < -0.39 is 0 Å². The molecular weight excluding hydrogens is 400 g/mol. The molecule has 0 radical (unpaired) electrons. The minimum absolute atomic E-state index is 0.0171. The first kappa shape index (κ1) is 22.2. The van der Waals surface area contributed by atoms with E-state index in [1.165, 1.54) is 11.1 Å². The molecule has 6 nitrogen and oxygen atoms in total. The Morgan fingerprint density at radius 1 is 1.16 bits per heavy atom. The normalized spacial score (nSPS) is 17.9. The standard InChI is InChI=1S/C26H32N4O2/c1-18(2)24(22-14-8-7-10-19(22)3)28-26(31)21-13-9-15-30(16-21)17-23-27-25(29-32-23)20-11-5-4-6-12-20/h4-8,10-12,14,18,21,24H,9,13,15-17H2,1-3H3,(H,28,31). The summed E-state index contributed by atoms with van der Waals surface area (Å²) >= 11 is 0. The molecule has 4 rings (SSSR count). The van der Waals surface area contributed by atoms with Gasteiger partial charge in [0.2, 0.25) is 17.6 Å². The van der Waals surface area contributed by atoms with Crippen LogP contribution >= 0.6 is 0 Å². The number of rotatable bonds is 7. The molecule has 1 aromatic heterocycles. The minimum Gasteiger partial charge on any atom is -0.349 e. The van der Waals surface area contributed by atoms with Crippen molar-refractivity contribution >= 4 is 5.91 Å². The zero-order valence-corrected chi connectivity index (χ0v) is 19.1. The summed E-state index contributed by atoms with van der Waals surface area (Å²) in [6.45, 7) is 8.61. The topological polar surface area (TPSA) is 71.3 Å². The molecule has 168 valence electrons. The zero-order valence-electron chi connectivity index (χ0n) is 19.1. The van der Waals surface area contributed by atoms with Gasteiger partial charge in [0.15, 0.2) is 0 Å². The maximum atomic E-state index is 13.2. The lowest BCUT2D eigenvalue weighted by Crippen LogP contribution is -2.44. The molecule has 2 heterocycles. The first-order valence-electron chi connectivity index (χ1n) is 11.5. The van der Waals surface area contributed by atoms with Crippen LogP contribution in [-0.4, -0.2) is 34.0 Å². The summed E-state index contributed by atoms with van der Waals surface area (Å²) in [5.41, 5.74) is 3.35. The van der Waals surface area contributed by atoms with E-state index in [2.05, 4.69) is 53.3 Å². The Hall–Kier alpha value is -2.99. The molecule has 0 aliphatic carbocycles. The van der Waals surface area contributed by atoms with Crippen molar-refractivity contribution in [1.82, 2.24) is 20.4 Å². The number of aromatic nitrogens is 2. The summed E-state index contributed by atoms with van der Waals surface area (Å²) < 4.78 is 5.48. The number of hydrogen-bond donors (Lipinski definition) is 1. The number of carbonyl (C=O) groups is 1. The van der Waals surface area contributed by atoms with Crippen molar-refractivity contribution in [3.05, 3.63) is 71.6 Å². The van der Waals surface area contributed by atoms with Gasteiger partial charge in [0.05, 0.1) is 18.5 Å². The van der Waals surface area contributed by atoms with Gasteiger partial charge in [-0.2, -0.15) is 4.98 Å². The van der Waals surface area contributed by atoms with Crippen molar-refractivity contribution in [2.75, 3.05) is 13.1 Å². The number of nitrogens with zero attached hydrogens (tertiary/aromatic N) is 3. The van der Waals surface area contributed by atoms with Crippen LogP contribution in [0.1, 0.15) is 49.7 Å². The summed E-state index contributed by atoms with van der Waals surface area (Å²) in [7, 11) is 0. The molecule has 1 saturated heterocycles. The van der Waals surface area contributed by atoms with Crippen LogP contribution in [0, 0.1) is 18.8 Å². The van der Waals surface area contributed by atoms with Gasteiger partial charge in [-0.3, -0.25) is 9.69 Å². The predicted molar refractivity (Wildman–Crippen MR) is 125 cm³/mol. The fraction of sp³-hybridized carbons (Fsp3) is 0.423. The maximum absolute atomic E-state index is 13.2. The monoisotopic (exact) mass is 432 g/mol. The lowest BCUT2D eigenvalue weighted by Gasteiger charge is -2.33. The summed E-state index contributed by atoms with van der Waals surface area (Å²) in [5.74, 6) is 1.60. The molecule has 1 fully saturated rings. The molecular formula is C26H32N4O2. The highest BCUT2D eigenvalue weighted by Gasteiger charge is 2.29. The van der Waals surface area contributed by atoms with Crippen LogP contribution in [0.15, 0.2) is 59.1 Å². The molecule has 6 heteroatoms. The average molecular weight is 433 g/mol. The summed E-state index contributed by atoms with van der Waals surface area (Å²) in [6, 6.07) is 18.1. The van der Waals surface area contributed by atoms with E-state index in [9.17, 15) is 4.79 Å². The quantitative estimate of drug-likeness (QED) is 0.582. The van der Waals surface area contributed by atoms with Crippen molar-refractivity contribution in [2.24, 2.45) is 11.8 Å². The van der Waals surface area contributed by atoms with Crippen molar-refractivity contribution < 1.29 is 9.32 Å². The highest BCUT2D eigenvalue weighted by atomic mass is 16.5. The van der Waals surface area contributed by atoms with Gasteiger partial charge in [0, 0.05) is 12.1 Å². The molecule has 2 unspecified atom stereocenters. The number of carbonyl (C=O) groups excluding carboxylic acids is 1. The van der Waals surface area contributed by atoms with E-state index in [-0.39, 0.29) is 17.9 Å². The van der Waals surface area contributed by atoms with Crippen LogP contribution < -0.4 is 5.32 Å². The van der Waals surface area contributed by atoms with Crippen molar-refractivity contribution in [1.29, 1.82) is 0 Å². The molecule has 1 amide bonds. The second-order valence-corrected chi connectivity index (χ2v) is 9.04. The molecule has 32 heavy (non-hydrogen) atoms. The Labute approximate surface area is 190 Å². The highest BCUT2D eigenvalue weighted by Crippen LogP contribution is 2.27. The number of nitrogens with one attached hydrogen (secondary N) is 1. The average Bonchev–Trinajstić information content (AvgIpc) is 3.27. The third-order valence-corrected chi connectivity index (χ3v) is 6.22. The summed E-state index contributed by atoms with van der Waals surface area (Å²) in [6.07, 6.45) is 1.88. The fourth-order valence-electron chi connectivity index (χ4n) is 4.44. The van der Waals surface area contributed by atoms with Crippen molar-refractivity contribution in [3.63, 3.8) is 0 Å². The number of aryl methyl sites for hydroxylation is 1. The number of likely N-dealkylation sites (tertiary alicyclic amines) is 1. The van der Waals surface area contributed by atoms with E-state index in [0.29, 0.717) is 30.7 Å². The molecule has 1 aliphatic rings. The van der Waals surface area contributed by atoms with Crippen LogP contribution in [0.2, 0.25) is 0 Å². The van der Waals surface area contributed by atoms with Crippen molar-refractivity contribution in [2.45, 2.75) is 46.2 Å². The van der Waals surface area contributed by atoms with Crippen molar-refractivity contribution in [3.8, 4) is 11.4 Å². The highest BCUT2D eigenvalue weighted by molar-refractivity contribution is 5.79. The smallest absolute Gasteiger partial charge is 0.241 e. The van der Waals surface area contributed by atoms with Crippen LogP contribution in [0.5, 0.6) is 0 Å². The second kappa shape index (κ2) is 10.1. The Balaban J connectivity index is 1.38. The number of amides is 1. The number of hydrogen-bond acceptors (Lipinski definition) is 5. The van der Waals surface area contributed by atoms with Gasteiger partial charge in [-0.15, -0.1) is 0 Å². The Morgan fingerprint density at radius 3 is 2.66 bits per heavy atom. The fourth-order valence-corrected chi connectivity index (χ4v) is 4.44. The van der Waals surface area contributed by atoms with E-state index in [4.69, 9.17) is 4.52 Å². The second-order valence-electron chi connectivity index (χ2n) is 9.04. The zero-order chi connectivity index (χ0) is 22.5. The van der Waals surface area contributed by atoms with E-state index >= 15 is 0 Å². The predicted octanol–water partition coefficient (Wildman–Crippen LogP) is 4.77. The van der Waals surface area contributed by atoms with Gasteiger partial charge in [-0.05, 0) is 43.4 Å². The third-order valence-electron chi connectivity index (χ3n) is 6.22. The SMILES string of the molecule is Cc1ccccc1C(NC(=O)C1CCCN(Cc2nc(-c3ccccc3)no2)C1)C(C)C. The molecule has 1 aliphatic heterocycles.